The van der Waals surface area contributed by atoms with E-state index in [0.29, 0.717) is 18.0 Å². The maximum absolute atomic E-state index is 12.3. The molecule has 0 spiro atoms. The predicted octanol–water partition coefficient (Wildman–Crippen LogP) is 2.26. The smallest absolute Gasteiger partial charge is 0.383 e. The fraction of sp³-hybridized carbons (Fsp3) is 0.636. The van der Waals surface area contributed by atoms with Crippen molar-refractivity contribution in [2.75, 3.05) is 20.3 Å². The molecule has 1 rings (SSSR count). The molecule has 0 aromatic carbocycles. The molecule has 0 bridgehead atoms. The highest BCUT2D eigenvalue weighted by atomic mass is 127. The molecule has 1 heterocycles. The molecule has 10 heteroatoms. The number of thiazole rings is 1. The van der Waals surface area contributed by atoms with Gasteiger partial charge in [0.1, 0.15) is 0 Å². The molecule has 0 saturated carbocycles. The van der Waals surface area contributed by atoms with Crippen molar-refractivity contribution in [3.63, 3.8) is 0 Å². The highest BCUT2D eigenvalue weighted by Crippen LogP contribution is 2.30. The van der Waals surface area contributed by atoms with Gasteiger partial charge in [-0.3, -0.25) is 4.99 Å². The van der Waals surface area contributed by atoms with Crippen molar-refractivity contribution >= 4 is 41.3 Å². The van der Waals surface area contributed by atoms with Crippen LogP contribution < -0.4 is 11.1 Å². The molecule has 1 atom stereocenters. The average molecular weight is 438 g/mol. The van der Waals surface area contributed by atoms with Crippen molar-refractivity contribution in [2.45, 2.75) is 25.6 Å². The number of aromatic nitrogens is 1. The van der Waals surface area contributed by atoms with E-state index >= 15 is 0 Å². The number of aliphatic imine (C=N–C) groups is 1. The topological polar surface area (TPSA) is 72.5 Å². The van der Waals surface area contributed by atoms with Crippen LogP contribution in [0.3, 0.4) is 0 Å². The summed E-state index contributed by atoms with van der Waals surface area (Å²) in [4.78, 5) is 7.54. The highest BCUT2D eigenvalue weighted by molar-refractivity contribution is 14.0. The van der Waals surface area contributed by atoms with Crippen LogP contribution in [0.5, 0.6) is 0 Å². The summed E-state index contributed by atoms with van der Waals surface area (Å²) >= 11 is 0.969. The molecule has 0 aliphatic carbocycles. The standard InChI is InChI=1S/C11H17F3N4OS.HI/c1-7(5-19-2)17-10(15)16-4-3-9-18-8(6-20-9)11(12,13)14;/h6-7H,3-5H2,1-2H3,(H3,15,16,17);1H. The number of methoxy groups -OCH3 is 1. The van der Waals surface area contributed by atoms with E-state index in [1.165, 1.54) is 0 Å². The van der Waals surface area contributed by atoms with Crippen molar-refractivity contribution in [1.82, 2.24) is 10.3 Å². The summed E-state index contributed by atoms with van der Waals surface area (Å²) in [6.07, 6.45) is -4.07. The first-order chi connectivity index (χ1) is 9.32. The summed E-state index contributed by atoms with van der Waals surface area (Å²) in [5.41, 5.74) is 4.77. The lowest BCUT2D eigenvalue weighted by atomic mass is 10.4. The zero-order chi connectivity index (χ0) is 15.2. The number of rotatable bonds is 6. The van der Waals surface area contributed by atoms with Gasteiger partial charge in [0.25, 0.3) is 0 Å². The van der Waals surface area contributed by atoms with Crippen LogP contribution in [0.25, 0.3) is 0 Å². The lowest BCUT2D eigenvalue weighted by Gasteiger charge is -2.12. The van der Waals surface area contributed by atoms with Crippen molar-refractivity contribution in [2.24, 2.45) is 10.7 Å². The van der Waals surface area contributed by atoms with Crippen LogP contribution in [0.15, 0.2) is 10.4 Å². The molecule has 5 nitrogen and oxygen atoms in total. The van der Waals surface area contributed by atoms with Crippen molar-refractivity contribution in [1.29, 1.82) is 0 Å². The first-order valence-corrected chi connectivity index (χ1v) is 6.78. The van der Waals surface area contributed by atoms with Gasteiger partial charge >= 0.3 is 6.18 Å². The fourth-order valence-corrected chi connectivity index (χ4v) is 2.21. The lowest BCUT2D eigenvalue weighted by molar-refractivity contribution is -0.140. The number of ether oxygens (including phenoxy) is 1. The SMILES string of the molecule is COCC(C)NC(N)=NCCc1nc(C(F)(F)F)cs1.I. The second kappa shape index (κ2) is 9.41. The Labute approximate surface area is 142 Å². The van der Waals surface area contributed by atoms with Crippen LogP contribution in [0.4, 0.5) is 13.2 Å². The summed E-state index contributed by atoms with van der Waals surface area (Å²) in [5, 5.41) is 4.29. The number of guanidine groups is 1. The van der Waals surface area contributed by atoms with E-state index in [4.69, 9.17) is 10.5 Å². The van der Waals surface area contributed by atoms with E-state index in [9.17, 15) is 13.2 Å². The van der Waals surface area contributed by atoms with E-state index in [1.807, 2.05) is 6.92 Å². The van der Waals surface area contributed by atoms with Crippen LogP contribution in [-0.4, -0.2) is 37.2 Å². The molecule has 0 amide bonds. The van der Waals surface area contributed by atoms with Crippen molar-refractivity contribution in [3.8, 4) is 0 Å². The summed E-state index contributed by atoms with van der Waals surface area (Å²) in [5.74, 6) is 0.238. The predicted molar refractivity (Wildman–Crippen MR) is 87.2 cm³/mol. The first kappa shape index (κ1) is 20.4. The normalized spacial score (nSPS) is 13.7. The van der Waals surface area contributed by atoms with Gasteiger partial charge < -0.3 is 15.8 Å². The maximum Gasteiger partial charge on any atom is 0.434 e. The van der Waals surface area contributed by atoms with E-state index < -0.39 is 11.9 Å². The summed E-state index contributed by atoms with van der Waals surface area (Å²) < 4.78 is 42.0. The molecule has 1 aromatic heterocycles. The number of nitrogens with two attached hydrogens (primary N) is 1. The Morgan fingerprint density at radius 1 is 1.57 bits per heavy atom. The maximum atomic E-state index is 12.3. The second-order valence-electron chi connectivity index (χ2n) is 4.14. The molecule has 0 radical (unpaired) electrons. The third kappa shape index (κ3) is 7.81. The number of nitrogens with zero attached hydrogens (tertiary/aromatic N) is 2. The van der Waals surface area contributed by atoms with Crippen LogP contribution in [0.1, 0.15) is 17.6 Å². The lowest BCUT2D eigenvalue weighted by Crippen LogP contribution is -2.40. The molecular weight excluding hydrogens is 420 g/mol. The monoisotopic (exact) mass is 438 g/mol. The zero-order valence-corrected chi connectivity index (χ0v) is 14.8. The minimum atomic E-state index is -4.39. The van der Waals surface area contributed by atoms with Gasteiger partial charge in [0.15, 0.2) is 11.7 Å². The van der Waals surface area contributed by atoms with Gasteiger partial charge in [-0.1, -0.05) is 0 Å². The van der Waals surface area contributed by atoms with Crippen molar-refractivity contribution < 1.29 is 17.9 Å². The van der Waals surface area contributed by atoms with Crippen LogP contribution in [0.2, 0.25) is 0 Å². The Morgan fingerprint density at radius 3 is 2.76 bits per heavy atom. The Balaban J connectivity index is 0.00000400. The Kier molecular flexibility index (Phi) is 9.13. The molecule has 122 valence electrons. The molecule has 1 aromatic rings. The first-order valence-electron chi connectivity index (χ1n) is 5.90. The molecule has 0 fully saturated rings. The van der Waals surface area contributed by atoms with Gasteiger partial charge in [-0.05, 0) is 6.92 Å². The molecule has 21 heavy (non-hydrogen) atoms. The number of hydrogen-bond donors (Lipinski definition) is 2. The van der Waals surface area contributed by atoms with Gasteiger partial charge in [-0.25, -0.2) is 4.98 Å². The second-order valence-corrected chi connectivity index (χ2v) is 5.08. The van der Waals surface area contributed by atoms with Crippen molar-refractivity contribution in [3.05, 3.63) is 16.1 Å². The quantitative estimate of drug-likeness (QED) is 0.406. The summed E-state index contributed by atoms with van der Waals surface area (Å²) in [6.45, 7) is 2.64. The summed E-state index contributed by atoms with van der Waals surface area (Å²) in [7, 11) is 1.58. The Hall–Kier alpha value is -0.620. The molecule has 3 N–H and O–H groups in total. The molecule has 0 saturated heterocycles. The van der Waals surface area contributed by atoms with Gasteiger partial charge in [-0.15, -0.1) is 35.3 Å². The largest absolute Gasteiger partial charge is 0.434 e. The third-order valence-electron chi connectivity index (χ3n) is 2.26. The van der Waals surface area contributed by atoms with Gasteiger partial charge in [0.2, 0.25) is 0 Å². The molecule has 1 unspecified atom stereocenters. The van der Waals surface area contributed by atoms with E-state index in [0.717, 1.165) is 16.7 Å². The molecular formula is C11H18F3IN4OS. The average Bonchev–Trinajstić information content (AvgIpc) is 2.77. The zero-order valence-electron chi connectivity index (χ0n) is 11.6. The number of alkyl halides is 3. The van der Waals surface area contributed by atoms with Gasteiger partial charge in [0, 0.05) is 31.5 Å². The summed E-state index contributed by atoms with van der Waals surface area (Å²) in [6, 6.07) is 0.0143. The third-order valence-corrected chi connectivity index (χ3v) is 3.17. The highest BCUT2D eigenvalue weighted by Gasteiger charge is 2.33. The van der Waals surface area contributed by atoms with Crippen LogP contribution in [0, 0.1) is 0 Å². The molecule has 0 aliphatic rings. The molecule has 0 aliphatic heterocycles. The van der Waals surface area contributed by atoms with Crippen LogP contribution >= 0.6 is 35.3 Å². The minimum absolute atomic E-state index is 0. The number of nitrogens with one attached hydrogen (secondary N) is 1. The Bertz CT molecular complexity index is 453. The van der Waals surface area contributed by atoms with E-state index in [-0.39, 0.29) is 42.5 Å². The minimum Gasteiger partial charge on any atom is -0.383 e. The fourth-order valence-electron chi connectivity index (χ4n) is 1.42. The van der Waals surface area contributed by atoms with E-state index in [2.05, 4.69) is 15.3 Å². The van der Waals surface area contributed by atoms with E-state index in [1.54, 1.807) is 7.11 Å². The van der Waals surface area contributed by atoms with Gasteiger partial charge in [0.05, 0.1) is 11.6 Å². The van der Waals surface area contributed by atoms with Gasteiger partial charge in [-0.2, -0.15) is 13.2 Å². The number of hydrogen-bond acceptors (Lipinski definition) is 4. The van der Waals surface area contributed by atoms with Crippen LogP contribution in [-0.2, 0) is 17.3 Å². The Morgan fingerprint density at radius 2 is 2.24 bits per heavy atom. The number of halogens is 4.